The molecule has 11 heavy (non-hydrogen) atoms. The van der Waals surface area contributed by atoms with Gasteiger partial charge in [0.25, 0.3) is 0 Å². The number of fused-ring (bicyclic) bond motifs is 1. The molecule has 0 saturated carbocycles. The Hall–Kier alpha value is -1.35. The molecule has 1 amide bonds. The lowest BCUT2D eigenvalue weighted by molar-refractivity contribution is -0.115. The number of para-hydroxylation sites is 1. The lowest BCUT2D eigenvalue weighted by Crippen LogP contribution is -2.03. The lowest BCUT2D eigenvalue weighted by Gasteiger charge is -1.93. The molecule has 3 heteroatoms. The van der Waals surface area contributed by atoms with E-state index < -0.39 is 0 Å². The summed E-state index contributed by atoms with van der Waals surface area (Å²) in [6, 6.07) is 7.75. The predicted molar refractivity (Wildman–Crippen MR) is 43.8 cm³/mol. The summed E-state index contributed by atoms with van der Waals surface area (Å²) >= 11 is 0. The summed E-state index contributed by atoms with van der Waals surface area (Å²) in [4.78, 5) is 10.8. The van der Waals surface area contributed by atoms with Gasteiger partial charge in [0.15, 0.2) is 0 Å². The van der Waals surface area contributed by atoms with Crippen molar-refractivity contribution in [2.24, 2.45) is 0 Å². The molecule has 0 fully saturated rings. The highest BCUT2D eigenvalue weighted by Crippen LogP contribution is 2.20. The first-order valence-corrected chi connectivity index (χ1v) is 3.24. The average Bonchev–Trinajstić information content (AvgIpc) is 2.27. The molecule has 1 aromatic carbocycles. The van der Waals surface area contributed by atoms with Crippen molar-refractivity contribution in [3.05, 3.63) is 29.8 Å². The van der Waals surface area contributed by atoms with Crippen LogP contribution in [-0.4, -0.2) is 5.91 Å². The minimum absolute atomic E-state index is 0. The Morgan fingerprint density at radius 3 is 2.73 bits per heavy atom. The van der Waals surface area contributed by atoms with Gasteiger partial charge in [-0.3, -0.25) is 4.79 Å². The maximum absolute atomic E-state index is 10.8. The van der Waals surface area contributed by atoms with Gasteiger partial charge in [0, 0.05) is 5.69 Å². The van der Waals surface area contributed by atoms with Gasteiger partial charge in [-0.2, -0.15) is 0 Å². The van der Waals surface area contributed by atoms with Gasteiger partial charge >= 0.3 is 0 Å². The summed E-state index contributed by atoms with van der Waals surface area (Å²) in [7, 11) is 0. The third-order valence-electron chi connectivity index (χ3n) is 1.64. The van der Waals surface area contributed by atoms with Crippen LogP contribution in [0.25, 0.3) is 0 Å². The lowest BCUT2D eigenvalue weighted by atomic mass is 10.2. The summed E-state index contributed by atoms with van der Waals surface area (Å²) in [5.41, 5.74) is 2.07. The fourth-order valence-electron chi connectivity index (χ4n) is 1.16. The number of anilines is 1. The van der Waals surface area contributed by atoms with Crippen LogP contribution >= 0.6 is 0 Å². The SMILES string of the molecule is N.O=C1Cc2ccccc2N1. The number of carbonyl (C=O) groups is 1. The van der Waals surface area contributed by atoms with Crippen molar-refractivity contribution < 1.29 is 4.79 Å². The quantitative estimate of drug-likeness (QED) is 0.586. The minimum atomic E-state index is 0. The monoisotopic (exact) mass is 150 g/mol. The summed E-state index contributed by atoms with van der Waals surface area (Å²) in [6.07, 6.45) is 0.538. The summed E-state index contributed by atoms with van der Waals surface area (Å²) in [5.74, 6) is 0.0983. The number of carbonyl (C=O) groups excluding carboxylic acids is 1. The zero-order valence-electron chi connectivity index (χ0n) is 6.13. The zero-order valence-corrected chi connectivity index (χ0v) is 6.13. The maximum atomic E-state index is 10.8. The van der Waals surface area contributed by atoms with Crippen LogP contribution in [0.4, 0.5) is 5.69 Å². The number of hydrogen-bond acceptors (Lipinski definition) is 2. The van der Waals surface area contributed by atoms with Crippen molar-refractivity contribution in [2.75, 3.05) is 5.32 Å². The number of hydrogen-bond donors (Lipinski definition) is 2. The molecule has 2 rings (SSSR count). The van der Waals surface area contributed by atoms with E-state index in [1.165, 1.54) is 0 Å². The van der Waals surface area contributed by atoms with Gasteiger partial charge in [-0.1, -0.05) is 18.2 Å². The van der Waals surface area contributed by atoms with Crippen LogP contribution < -0.4 is 11.5 Å². The van der Waals surface area contributed by atoms with Gasteiger partial charge in [-0.25, -0.2) is 0 Å². The Labute approximate surface area is 65.0 Å². The Kier molecular flexibility index (Phi) is 1.92. The standard InChI is InChI=1S/C8H7NO.H3N/c10-8-5-6-3-1-2-4-7(6)9-8;/h1-4H,5H2,(H,9,10);1H3. The van der Waals surface area contributed by atoms with E-state index in [4.69, 9.17) is 0 Å². The number of benzene rings is 1. The van der Waals surface area contributed by atoms with E-state index in [-0.39, 0.29) is 12.1 Å². The largest absolute Gasteiger partial charge is 0.344 e. The molecule has 0 aliphatic carbocycles. The average molecular weight is 150 g/mol. The topological polar surface area (TPSA) is 64.1 Å². The van der Waals surface area contributed by atoms with E-state index in [1.54, 1.807) is 0 Å². The van der Waals surface area contributed by atoms with Gasteiger partial charge in [-0.05, 0) is 11.6 Å². The molecular weight excluding hydrogens is 140 g/mol. The first kappa shape index (κ1) is 7.75. The smallest absolute Gasteiger partial charge is 0.228 e. The molecule has 3 nitrogen and oxygen atoms in total. The molecule has 0 aromatic heterocycles. The second-order valence-electron chi connectivity index (χ2n) is 2.38. The highest BCUT2D eigenvalue weighted by molar-refractivity contribution is 5.98. The van der Waals surface area contributed by atoms with E-state index in [0.29, 0.717) is 6.42 Å². The van der Waals surface area contributed by atoms with Crippen LogP contribution in [0, 0.1) is 0 Å². The molecule has 4 N–H and O–H groups in total. The molecule has 0 bridgehead atoms. The normalized spacial score (nSPS) is 13.3. The van der Waals surface area contributed by atoms with Crippen LogP contribution in [0.15, 0.2) is 24.3 Å². The van der Waals surface area contributed by atoms with E-state index in [1.807, 2.05) is 24.3 Å². The van der Waals surface area contributed by atoms with Gasteiger partial charge < -0.3 is 11.5 Å². The third-order valence-corrected chi connectivity index (χ3v) is 1.64. The minimum Gasteiger partial charge on any atom is -0.344 e. The van der Waals surface area contributed by atoms with Gasteiger partial charge in [0.2, 0.25) is 5.91 Å². The first-order chi connectivity index (χ1) is 4.86. The van der Waals surface area contributed by atoms with Crippen LogP contribution in [0.3, 0.4) is 0 Å². The van der Waals surface area contributed by atoms with Crippen molar-refractivity contribution in [3.63, 3.8) is 0 Å². The molecule has 0 saturated heterocycles. The van der Waals surface area contributed by atoms with Crippen molar-refractivity contribution in [1.82, 2.24) is 6.15 Å². The third kappa shape index (κ3) is 1.23. The molecule has 1 aliphatic rings. The molecule has 58 valence electrons. The maximum Gasteiger partial charge on any atom is 0.228 e. The van der Waals surface area contributed by atoms with Crippen LogP contribution in [0.1, 0.15) is 5.56 Å². The molecule has 1 aliphatic heterocycles. The highest BCUT2D eigenvalue weighted by Gasteiger charge is 2.15. The molecule has 1 aromatic rings. The number of rotatable bonds is 0. The summed E-state index contributed by atoms with van der Waals surface area (Å²) in [6.45, 7) is 0. The van der Waals surface area contributed by atoms with Crippen molar-refractivity contribution >= 4 is 11.6 Å². The Morgan fingerprint density at radius 2 is 2.00 bits per heavy atom. The molecular formula is C8H10N2O. The molecule has 1 heterocycles. The van der Waals surface area contributed by atoms with E-state index in [2.05, 4.69) is 5.32 Å². The van der Waals surface area contributed by atoms with E-state index in [0.717, 1.165) is 11.3 Å². The molecule has 0 atom stereocenters. The fourth-order valence-corrected chi connectivity index (χ4v) is 1.16. The van der Waals surface area contributed by atoms with Crippen molar-refractivity contribution in [3.8, 4) is 0 Å². The van der Waals surface area contributed by atoms with E-state index >= 15 is 0 Å². The van der Waals surface area contributed by atoms with Crippen LogP contribution in [0.5, 0.6) is 0 Å². The van der Waals surface area contributed by atoms with E-state index in [9.17, 15) is 4.79 Å². The van der Waals surface area contributed by atoms with Gasteiger partial charge in [0.1, 0.15) is 0 Å². The first-order valence-electron chi connectivity index (χ1n) is 3.24. The van der Waals surface area contributed by atoms with Crippen LogP contribution in [-0.2, 0) is 11.2 Å². The van der Waals surface area contributed by atoms with Crippen molar-refractivity contribution in [2.45, 2.75) is 6.42 Å². The number of nitrogens with one attached hydrogen (secondary N) is 1. The van der Waals surface area contributed by atoms with Gasteiger partial charge in [0.05, 0.1) is 6.42 Å². The summed E-state index contributed by atoms with van der Waals surface area (Å²) < 4.78 is 0. The highest BCUT2D eigenvalue weighted by atomic mass is 16.1. The summed E-state index contributed by atoms with van der Waals surface area (Å²) in [5, 5.41) is 2.76. The Morgan fingerprint density at radius 1 is 1.27 bits per heavy atom. The predicted octanol–water partition coefficient (Wildman–Crippen LogP) is 1.34. The second kappa shape index (κ2) is 2.72. The number of amides is 1. The Balaban J connectivity index is 0.000000605. The van der Waals surface area contributed by atoms with Crippen molar-refractivity contribution in [1.29, 1.82) is 0 Å². The zero-order chi connectivity index (χ0) is 6.97. The van der Waals surface area contributed by atoms with Crippen LogP contribution in [0.2, 0.25) is 0 Å². The second-order valence-corrected chi connectivity index (χ2v) is 2.38. The fraction of sp³-hybridized carbons (Fsp3) is 0.125. The molecule has 0 spiro atoms. The molecule has 0 unspecified atom stereocenters. The van der Waals surface area contributed by atoms with Gasteiger partial charge in [-0.15, -0.1) is 0 Å². The Bertz CT molecular complexity index is 256. The molecule has 0 radical (unpaired) electrons.